The first-order chi connectivity index (χ1) is 9.97. The van der Waals surface area contributed by atoms with E-state index in [-0.39, 0.29) is 34.7 Å². The SMILES string of the molecule is COc1ncnc(NS(=O)(=O)c2ccc(N)cc2)c1OC.Cl. The molecule has 3 N–H and O–H groups in total. The number of sulfonamides is 1. The van der Waals surface area contributed by atoms with Crippen LogP contribution in [0.2, 0.25) is 0 Å². The number of ether oxygens (including phenoxy) is 2. The number of anilines is 2. The first-order valence-corrected chi connectivity index (χ1v) is 7.27. The Morgan fingerprint density at radius 2 is 1.73 bits per heavy atom. The molecule has 8 nitrogen and oxygen atoms in total. The van der Waals surface area contributed by atoms with Crippen molar-refractivity contribution in [2.75, 3.05) is 24.7 Å². The van der Waals surface area contributed by atoms with E-state index in [1.54, 1.807) is 0 Å². The summed E-state index contributed by atoms with van der Waals surface area (Å²) in [6, 6.07) is 5.77. The Labute approximate surface area is 134 Å². The number of nitrogens with two attached hydrogens (primary N) is 1. The summed E-state index contributed by atoms with van der Waals surface area (Å²) in [4.78, 5) is 7.74. The van der Waals surface area contributed by atoms with Gasteiger partial charge in [-0.05, 0) is 24.3 Å². The average molecular weight is 347 g/mol. The number of hydrogen-bond donors (Lipinski definition) is 2. The number of methoxy groups -OCH3 is 2. The highest BCUT2D eigenvalue weighted by atomic mass is 35.5. The van der Waals surface area contributed by atoms with Gasteiger partial charge in [0.25, 0.3) is 15.9 Å². The minimum Gasteiger partial charge on any atom is -0.489 e. The van der Waals surface area contributed by atoms with E-state index in [4.69, 9.17) is 15.2 Å². The van der Waals surface area contributed by atoms with E-state index in [0.29, 0.717) is 5.69 Å². The largest absolute Gasteiger partial charge is 0.489 e. The topological polar surface area (TPSA) is 116 Å². The quantitative estimate of drug-likeness (QED) is 0.783. The molecular weight excluding hydrogens is 332 g/mol. The third-order valence-corrected chi connectivity index (χ3v) is 3.94. The molecule has 2 aromatic rings. The van der Waals surface area contributed by atoms with Gasteiger partial charge in [-0.15, -0.1) is 12.4 Å². The van der Waals surface area contributed by atoms with Gasteiger partial charge in [-0.1, -0.05) is 0 Å². The van der Waals surface area contributed by atoms with Crippen molar-refractivity contribution < 1.29 is 17.9 Å². The maximum atomic E-state index is 12.3. The predicted octanol–water partition coefficient (Wildman–Crippen LogP) is 1.30. The van der Waals surface area contributed by atoms with Crippen LogP contribution in [-0.4, -0.2) is 32.6 Å². The summed E-state index contributed by atoms with van der Waals surface area (Å²) in [6.07, 6.45) is 1.17. The molecular formula is C12H15ClN4O4S. The van der Waals surface area contributed by atoms with E-state index in [1.165, 1.54) is 44.8 Å². The Hall–Kier alpha value is -2.26. The van der Waals surface area contributed by atoms with Gasteiger partial charge in [-0.25, -0.2) is 13.4 Å². The fourth-order valence-electron chi connectivity index (χ4n) is 1.59. The average Bonchev–Trinajstić information content (AvgIpc) is 2.47. The molecule has 1 aromatic carbocycles. The highest BCUT2D eigenvalue weighted by molar-refractivity contribution is 7.92. The highest BCUT2D eigenvalue weighted by Gasteiger charge is 2.20. The molecule has 1 heterocycles. The summed E-state index contributed by atoms with van der Waals surface area (Å²) in [6.45, 7) is 0. The summed E-state index contributed by atoms with van der Waals surface area (Å²) in [5, 5.41) is 0. The van der Waals surface area contributed by atoms with Crippen molar-refractivity contribution >= 4 is 33.9 Å². The number of halogens is 1. The summed E-state index contributed by atoms with van der Waals surface area (Å²) in [5.41, 5.74) is 6.00. The Bertz CT molecular complexity index is 737. The van der Waals surface area contributed by atoms with Crippen LogP contribution in [0.25, 0.3) is 0 Å². The van der Waals surface area contributed by atoms with Gasteiger partial charge in [0.2, 0.25) is 5.75 Å². The Morgan fingerprint density at radius 1 is 1.09 bits per heavy atom. The molecule has 0 aliphatic rings. The third-order valence-electron chi connectivity index (χ3n) is 2.59. The maximum Gasteiger partial charge on any atom is 0.263 e. The molecule has 0 radical (unpaired) electrons. The molecule has 0 spiro atoms. The van der Waals surface area contributed by atoms with E-state index in [2.05, 4.69) is 14.7 Å². The normalized spacial score (nSPS) is 10.5. The molecule has 0 aliphatic heterocycles. The van der Waals surface area contributed by atoms with Gasteiger partial charge in [0.15, 0.2) is 5.82 Å². The number of nitrogens with zero attached hydrogens (tertiary/aromatic N) is 2. The van der Waals surface area contributed by atoms with Gasteiger partial charge in [0.1, 0.15) is 6.33 Å². The van der Waals surface area contributed by atoms with E-state index in [9.17, 15) is 8.42 Å². The molecule has 0 fully saturated rings. The highest BCUT2D eigenvalue weighted by Crippen LogP contribution is 2.31. The number of hydrogen-bond acceptors (Lipinski definition) is 7. The second-order valence-electron chi connectivity index (χ2n) is 3.94. The number of rotatable bonds is 5. The fraction of sp³-hybridized carbons (Fsp3) is 0.167. The van der Waals surface area contributed by atoms with Gasteiger partial charge in [-0.2, -0.15) is 4.98 Å². The van der Waals surface area contributed by atoms with E-state index in [0.717, 1.165) is 0 Å². The fourth-order valence-corrected chi connectivity index (χ4v) is 2.61. The van der Waals surface area contributed by atoms with Crippen molar-refractivity contribution in [1.82, 2.24) is 9.97 Å². The lowest BCUT2D eigenvalue weighted by atomic mass is 10.3. The van der Waals surface area contributed by atoms with Gasteiger partial charge in [-0.3, -0.25) is 4.72 Å². The third kappa shape index (κ3) is 3.68. The van der Waals surface area contributed by atoms with Crippen LogP contribution in [0.5, 0.6) is 11.6 Å². The molecule has 0 bridgehead atoms. The van der Waals surface area contributed by atoms with Gasteiger partial charge in [0.05, 0.1) is 19.1 Å². The van der Waals surface area contributed by atoms with Crippen LogP contribution in [0, 0.1) is 0 Å². The number of aromatic nitrogens is 2. The first kappa shape index (κ1) is 17.8. The molecule has 10 heteroatoms. The first-order valence-electron chi connectivity index (χ1n) is 5.79. The zero-order chi connectivity index (χ0) is 15.5. The van der Waals surface area contributed by atoms with E-state index >= 15 is 0 Å². The molecule has 2 rings (SSSR count). The van der Waals surface area contributed by atoms with Crippen LogP contribution in [0.1, 0.15) is 0 Å². The smallest absolute Gasteiger partial charge is 0.263 e. The van der Waals surface area contributed by atoms with Crippen LogP contribution in [-0.2, 0) is 10.0 Å². The zero-order valence-electron chi connectivity index (χ0n) is 11.8. The van der Waals surface area contributed by atoms with Gasteiger partial charge >= 0.3 is 0 Å². The standard InChI is InChI=1S/C12H14N4O4S.ClH/c1-19-10-11(14-7-15-12(10)20-2)16-21(17,18)9-5-3-8(13)4-6-9;/h3-7H,13H2,1-2H3,(H,14,15,16);1H. The lowest BCUT2D eigenvalue weighted by Gasteiger charge is -2.12. The van der Waals surface area contributed by atoms with Crippen molar-refractivity contribution in [3.8, 4) is 11.6 Å². The van der Waals surface area contributed by atoms with Gasteiger partial charge < -0.3 is 15.2 Å². The molecule has 22 heavy (non-hydrogen) atoms. The second-order valence-corrected chi connectivity index (χ2v) is 5.62. The minimum absolute atomic E-state index is 0. The molecule has 0 saturated carbocycles. The number of nitrogen functional groups attached to an aromatic ring is 1. The van der Waals surface area contributed by atoms with Crippen LogP contribution in [0.4, 0.5) is 11.5 Å². The molecule has 0 saturated heterocycles. The molecule has 0 unspecified atom stereocenters. The van der Waals surface area contributed by atoms with Gasteiger partial charge in [0, 0.05) is 5.69 Å². The summed E-state index contributed by atoms with van der Waals surface area (Å²) in [5.74, 6) is 0.211. The van der Waals surface area contributed by atoms with Crippen molar-refractivity contribution in [2.24, 2.45) is 0 Å². The molecule has 1 aromatic heterocycles. The van der Waals surface area contributed by atoms with Crippen LogP contribution >= 0.6 is 12.4 Å². The molecule has 0 aliphatic carbocycles. The Kier molecular flexibility index (Phi) is 5.77. The lowest BCUT2D eigenvalue weighted by molar-refractivity contribution is 0.342. The molecule has 0 amide bonds. The Balaban J connectivity index is 0.00000242. The van der Waals surface area contributed by atoms with Crippen LogP contribution < -0.4 is 19.9 Å². The molecule has 120 valence electrons. The Morgan fingerprint density at radius 3 is 2.27 bits per heavy atom. The second kappa shape index (κ2) is 7.14. The predicted molar refractivity (Wildman–Crippen MR) is 84.0 cm³/mol. The summed E-state index contributed by atoms with van der Waals surface area (Å²) >= 11 is 0. The van der Waals surface area contributed by atoms with E-state index < -0.39 is 10.0 Å². The molecule has 0 atom stereocenters. The van der Waals surface area contributed by atoms with Crippen molar-refractivity contribution in [3.05, 3.63) is 30.6 Å². The van der Waals surface area contributed by atoms with E-state index in [1.807, 2.05) is 0 Å². The van der Waals surface area contributed by atoms with Crippen molar-refractivity contribution in [3.63, 3.8) is 0 Å². The van der Waals surface area contributed by atoms with Crippen LogP contribution in [0.15, 0.2) is 35.5 Å². The summed E-state index contributed by atoms with van der Waals surface area (Å²) in [7, 11) is -1.06. The lowest BCUT2D eigenvalue weighted by Crippen LogP contribution is -2.15. The number of benzene rings is 1. The maximum absolute atomic E-state index is 12.3. The van der Waals surface area contributed by atoms with Crippen molar-refractivity contribution in [2.45, 2.75) is 4.90 Å². The van der Waals surface area contributed by atoms with Crippen molar-refractivity contribution in [1.29, 1.82) is 0 Å². The summed E-state index contributed by atoms with van der Waals surface area (Å²) < 4.78 is 36.9. The number of nitrogens with one attached hydrogen (secondary N) is 1. The monoisotopic (exact) mass is 346 g/mol. The zero-order valence-corrected chi connectivity index (χ0v) is 13.4. The minimum atomic E-state index is -3.82. The van der Waals surface area contributed by atoms with Crippen LogP contribution in [0.3, 0.4) is 0 Å².